The van der Waals surface area contributed by atoms with E-state index < -0.39 is 0 Å². The Balaban J connectivity index is 1.51. The van der Waals surface area contributed by atoms with E-state index in [9.17, 15) is 9.59 Å². The molecule has 0 unspecified atom stereocenters. The molecule has 40 heavy (non-hydrogen) atoms. The molecule has 1 aliphatic rings. The summed E-state index contributed by atoms with van der Waals surface area (Å²) in [6.45, 7) is 4.96. The van der Waals surface area contributed by atoms with E-state index in [0.29, 0.717) is 12.1 Å². The molecule has 206 valence electrons. The fourth-order valence-corrected chi connectivity index (χ4v) is 7.03. The van der Waals surface area contributed by atoms with Gasteiger partial charge in [0, 0.05) is 23.1 Å². The summed E-state index contributed by atoms with van der Waals surface area (Å²) < 4.78 is 0. The summed E-state index contributed by atoms with van der Waals surface area (Å²) in [5.74, 6) is -0.246. The highest BCUT2D eigenvalue weighted by molar-refractivity contribution is 6.38. The van der Waals surface area contributed by atoms with E-state index in [2.05, 4.69) is 62.4 Å². The van der Waals surface area contributed by atoms with Crippen LogP contribution in [0.1, 0.15) is 111 Å². The molecule has 2 amide bonds. The maximum absolute atomic E-state index is 14.0. The lowest BCUT2D eigenvalue weighted by atomic mass is 9.82. The highest BCUT2D eigenvalue weighted by Crippen LogP contribution is 2.45. The third kappa shape index (κ3) is 4.54. The van der Waals surface area contributed by atoms with Crippen molar-refractivity contribution in [3.05, 3.63) is 71.3 Å². The van der Waals surface area contributed by atoms with Gasteiger partial charge in [-0.15, -0.1) is 0 Å². The van der Waals surface area contributed by atoms with Crippen LogP contribution in [0.4, 0.5) is 0 Å². The molecule has 3 heteroatoms. The Bertz CT molecular complexity index is 1690. The van der Waals surface area contributed by atoms with Crippen LogP contribution in [0.25, 0.3) is 43.1 Å². The molecule has 0 aromatic heterocycles. The lowest BCUT2D eigenvalue weighted by Crippen LogP contribution is -2.41. The number of amides is 2. The standard InChI is InChI=1S/C37H41NO2/c1-3-5-7-9-10-12-16-26-24-31-34-30(36(39)38(37(31)40)23-13-11-8-6-4-2)22-21-28-27-19-14-17-25-18-15-20-29(32(25)27)33(26)35(28)34/h14-15,17-22,24H,3-13,16,23H2,1-2H3. The van der Waals surface area contributed by atoms with E-state index in [1.165, 1.54) is 82.3 Å². The Hall–Kier alpha value is -3.46. The zero-order valence-electron chi connectivity index (χ0n) is 24.2. The summed E-state index contributed by atoms with van der Waals surface area (Å²) in [7, 11) is 0. The number of imide groups is 1. The molecule has 0 bridgehead atoms. The molecule has 0 atom stereocenters. The van der Waals surface area contributed by atoms with E-state index in [4.69, 9.17) is 0 Å². The van der Waals surface area contributed by atoms with Gasteiger partial charge < -0.3 is 0 Å². The summed E-state index contributed by atoms with van der Waals surface area (Å²) >= 11 is 0. The average molecular weight is 532 g/mol. The number of benzene rings is 5. The van der Waals surface area contributed by atoms with Gasteiger partial charge in [-0.3, -0.25) is 14.5 Å². The summed E-state index contributed by atoms with van der Waals surface area (Å²) in [5.41, 5.74) is 2.65. The predicted octanol–water partition coefficient (Wildman–Crippen LogP) is 10.2. The number of unbranched alkanes of at least 4 members (excludes halogenated alkanes) is 9. The van der Waals surface area contributed by atoms with Gasteiger partial charge in [0.1, 0.15) is 0 Å². The van der Waals surface area contributed by atoms with Crippen LogP contribution in [0, 0.1) is 0 Å². The summed E-state index contributed by atoms with van der Waals surface area (Å²) in [4.78, 5) is 29.3. The molecule has 0 spiro atoms. The maximum atomic E-state index is 14.0. The fraction of sp³-hybridized carbons (Fsp3) is 0.405. The van der Waals surface area contributed by atoms with Crippen molar-refractivity contribution in [3.8, 4) is 0 Å². The van der Waals surface area contributed by atoms with Gasteiger partial charge in [0.15, 0.2) is 0 Å². The molecule has 0 N–H and O–H groups in total. The number of carbonyl (C=O) groups excluding carboxylic acids is 2. The molecule has 3 nitrogen and oxygen atoms in total. The number of rotatable bonds is 13. The molecule has 0 aliphatic carbocycles. The number of fused-ring (bicyclic) bond motifs is 2. The molecule has 0 fully saturated rings. The van der Waals surface area contributed by atoms with Crippen LogP contribution in [0.15, 0.2) is 54.6 Å². The normalized spacial score (nSPS) is 13.6. The molecular formula is C37H41NO2. The van der Waals surface area contributed by atoms with E-state index >= 15 is 0 Å². The predicted molar refractivity (Wildman–Crippen MR) is 169 cm³/mol. The summed E-state index contributed by atoms with van der Waals surface area (Å²) in [6.07, 6.45) is 13.8. The Labute approximate surface area is 237 Å². The SMILES string of the molecule is CCCCCCCCc1cc2c3c(ccc4c5cccc6cccc(c1c34)c65)C(=O)N(CCCCCCC)C2=O. The summed E-state index contributed by atoms with van der Waals surface area (Å²) in [5, 5.41) is 9.32. The lowest BCUT2D eigenvalue weighted by molar-refractivity contribution is 0.0607. The molecule has 1 aliphatic heterocycles. The van der Waals surface area contributed by atoms with Crippen LogP contribution in [-0.2, 0) is 6.42 Å². The average Bonchev–Trinajstić information content (AvgIpc) is 2.98. The van der Waals surface area contributed by atoms with E-state index in [-0.39, 0.29) is 11.8 Å². The van der Waals surface area contributed by atoms with Crippen LogP contribution in [0.3, 0.4) is 0 Å². The number of nitrogens with zero attached hydrogens (tertiary/aromatic N) is 1. The number of carbonyl (C=O) groups is 2. The number of aryl methyl sites for hydroxylation is 1. The second-order valence-electron chi connectivity index (χ2n) is 11.8. The maximum Gasteiger partial charge on any atom is 0.261 e. The van der Waals surface area contributed by atoms with Crippen molar-refractivity contribution >= 4 is 54.9 Å². The first-order valence-corrected chi connectivity index (χ1v) is 15.7. The minimum atomic E-state index is -0.133. The van der Waals surface area contributed by atoms with Gasteiger partial charge in [-0.25, -0.2) is 0 Å². The lowest BCUT2D eigenvalue weighted by Gasteiger charge is -2.29. The van der Waals surface area contributed by atoms with Crippen LogP contribution in [0.2, 0.25) is 0 Å². The Morgan fingerprint density at radius 3 is 1.93 bits per heavy atom. The van der Waals surface area contributed by atoms with Crippen LogP contribution < -0.4 is 0 Å². The van der Waals surface area contributed by atoms with E-state index in [0.717, 1.165) is 53.8 Å². The van der Waals surface area contributed by atoms with Crippen molar-refractivity contribution in [1.82, 2.24) is 4.90 Å². The topological polar surface area (TPSA) is 37.4 Å². The highest BCUT2D eigenvalue weighted by Gasteiger charge is 2.34. The van der Waals surface area contributed by atoms with Gasteiger partial charge in [0.2, 0.25) is 0 Å². The zero-order valence-corrected chi connectivity index (χ0v) is 24.2. The minimum Gasteiger partial charge on any atom is -0.274 e. The van der Waals surface area contributed by atoms with Gasteiger partial charge in [-0.05, 0) is 74.7 Å². The number of hydrogen-bond donors (Lipinski definition) is 0. The van der Waals surface area contributed by atoms with Crippen LogP contribution in [0.5, 0.6) is 0 Å². The van der Waals surface area contributed by atoms with Crippen molar-refractivity contribution < 1.29 is 9.59 Å². The fourth-order valence-electron chi connectivity index (χ4n) is 7.03. The van der Waals surface area contributed by atoms with Gasteiger partial charge >= 0.3 is 0 Å². The zero-order chi connectivity index (χ0) is 27.6. The van der Waals surface area contributed by atoms with Crippen molar-refractivity contribution in [2.24, 2.45) is 0 Å². The smallest absolute Gasteiger partial charge is 0.261 e. The molecule has 0 saturated carbocycles. The van der Waals surface area contributed by atoms with Gasteiger partial charge in [-0.2, -0.15) is 0 Å². The molecule has 1 heterocycles. The third-order valence-electron chi connectivity index (χ3n) is 9.06. The van der Waals surface area contributed by atoms with E-state index in [1.54, 1.807) is 0 Å². The highest BCUT2D eigenvalue weighted by atomic mass is 16.2. The monoisotopic (exact) mass is 531 g/mol. The van der Waals surface area contributed by atoms with Gasteiger partial charge in [0.05, 0.1) is 0 Å². The Morgan fingerprint density at radius 1 is 0.550 bits per heavy atom. The quantitative estimate of drug-likeness (QED) is 0.0656. The van der Waals surface area contributed by atoms with Crippen molar-refractivity contribution in [2.45, 2.75) is 90.9 Å². The Morgan fingerprint density at radius 2 is 1.18 bits per heavy atom. The van der Waals surface area contributed by atoms with Crippen LogP contribution >= 0.6 is 0 Å². The van der Waals surface area contributed by atoms with E-state index in [1.807, 2.05) is 6.07 Å². The molecule has 0 radical (unpaired) electrons. The van der Waals surface area contributed by atoms with Gasteiger partial charge in [0.25, 0.3) is 11.8 Å². The first-order chi connectivity index (χ1) is 19.7. The molecule has 5 aromatic rings. The summed E-state index contributed by atoms with van der Waals surface area (Å²) in [6, 6.07) is 19.3. The van der Waals surface area contributed by atoms with Crippen molar-refractivity contribution in [1.29, 1.82) is 0 Å². The van der Waals surface area contributed by atoms with Crippen molar-refractivity contribution in [3.63, 3.8) is 0 Å². The van der Waals surface area contributed by atoms with Crippen LogP contribution in [-0.4, -0.2) is 23.3 Å². The molecule has 6 rings (SSSR count). The number of hydrogen-bond acceptors (Lipinski definition) is 2. The molecule has 5 aromatic carbocycles. The Kier molecular flexibility index (Phi) is 7.74. The van der Waals surface area contributed by atoms with Gasteiger partial charge in [-0.1, -0.05) is 114 Å². The van der Waals surface area contributed by atoms with Crippen molar-refractivity contribution in [2.75, 3.05) is 6.54 Å². The third-order valence-corrected chi connectivity index (χ3v) is 9.06. The molecular weight excluding hydrogens is 490 g/mol. The second-order valence-corrected chi connectivity index (χ2v) is 11.8. The first-order valence-electron chi connectivity index (χ1n) is 15.7. The molecule has 0 saturated heterocycles. The second kappa shape index (κ2) is 11.6. The minimum absolute atomic E-state index is 0.113. The largest absolute Gasteiger partial charge is 0.274 e. The first kappa shape index (κ1) is 26.7.